The van der Waals surface area contributed by atoms with Gasteiger partial charge in [-0.1, -0.05) is 29.8 Å². The molecule has 0 N–H and O–H groups in total. The molecule has 0 amide bonds. The van der Waals surface area contributed by atoms with Gasteiger partial charge in [-0.25, -0.2) is 8.42 Å². The molecule has 0 aliphatic carbocycles. The monoisotopic (exact) mass is 376 g/mol. The molecule has 1 aliphatic heterocycles. The Morgan fingerprint density at radius 1 is 1.23 bits per heavy atom. The molecule has 0 saturated carbocycles. The normalized spacial score (nSPS) is 18.0. The first-order chi connectivity index (χ1) is 12.3. The lowest BCUT2D eigenvalue weighted by Crippen LogP contribution is -2.32. The van der Waals surface area contributed by atoms with Gasteiger partial charge < -0.3 is 9.64 Å². The Hall–Kier alpha value is -2.19. The Balaban J connectivity index is 1.60. The second-order valence-electron chi connectivity index (χ2n) is 6.76. The van der Waals surface area contributed by atoms with Crippen LogP contribution in [0.4, 0.5) is 5.82 Å². The number of aryl methyl sites for hydroxylation is 1. The highest BCUT2D eigenvalue weighted by atomic mass is 32.2. The summed E-state index contributed by atoms with van der Waals surface area (Å²) in [6.07, 6.45) is 0.436. The predicted octanol–water partition coefficient (Wildman–Crippen LogP) is 1.83. The van der Waals surface area contributed by atoms with Crippen molar-refractivity contribution in [1.82, 2.24) is 14.5 Å². The van der Waals surface area contributed by atoms with E-state index in [4.69, 9.17) is 4.74 Å². The number of benzene rings is 1. The van der Waals surface area contributed by atoms with Gasteiger partial charge in [-0.05, 0) is 25.0 Å². The summed E-state index contributed by atoms with van der Waals surface area (Å²) >= 11 is 0. The number of hydrogen-bond acceptors (Lipinski definition) is 6. The van der Waals surface area contributed by atoms with Crippen LogP contribution in [-0.2, 0) is 15.8 Å². The highest BCUT2D eigenvalue weighted by Crippen LogP contribution is 2.22. The summed E-state index contributed by atoms with van der Waals surface area (Å²) in [6, 6.07) is 11.2. The smallest absolute Gasteiger partial charge is 0.233 e. The number of hydrogen-bond donors (Lipinski definition) is 0. The van der Waals surface area contributed by atoms with Crippen LogP contribution in [0.1, 0.15) is 17.5 Å². The molecule has 140 valence electrons. The molecule has 1 unspecified atom stereocenters. The van der Waals surface area contributed by atoms with Gasteiger partial charge in [-0.2, -0.15) is 4.31 Å². The number of aromatic nitrogens is 2. The third-order valence-electron chi connectivity index (χ3n) is 4.30. The molecule has 2 heterocycles. The van der Waals surface area contributed by atoms with Crippen LogP contribution in [0.3, 0.4) is 0 Å². The summed E-state index contributed by atoms with van der Waals surface area (Å²) < 4.78 is 32.6. The van der Waals surface area contributed by atoms with E-state index in [1.165, 1.54) is 4.31 Å². The van der Waals surface area contributed by atoms with E-state index in [1.54, 1.807) is 6.07 Å². The van der Waals surface area contributed by atoms with Crippen molar-refractivity contribution in [1.29, 1.82) is 0 Å². The molecule has 26 heavy (non-hydrogen) atoms. The van der Waals surface area contributed by atoms with E-state index in [9.17, 15) is 8.42 Å². The summed E-state index contributed by atoms with van der Waals surface area (Å²) in [4.78, 5) is 1.85. The number of rotatable bonds is 6. The average molecular weight is 376 g/mol. The average Bonchev–Trinajstić information content (AvgIpc) is 3.04. The molecule has 1 fully saturated rings. The second-order valence-corrected chi connectivity index (χ2v) is 8.72. The Labute approximate surface area is 154 Å². The third-order valence-corrected chi connectivity index (χ3v) is 6.12. The number of nitrogens with zero attached hydrogens (tertiary/aromatic N) is 4. The van der Waals surface area contributed by atoms with E-state index in [2.05, 4.69) is 10.2 Å². The largest absolute Gasteiger partial charge is 0.472 e. The van der Waals surface area contributed by atoms with Gasteiger partial charge in [-0.15, -0.1) is 10.2 Å². The second kappa shape index (κ2) is 7.59. The lowest BCUT2D eigenvalue weighted by molar-refractivity contribution is 0.204. The summed E-state index contributed by atoms with van der Waals surface area (Å²) in [5.74, 6) is 1.17. The quantitative estimate of drug-likeness (QED) is 0.766. The van der Waals surface area contributed by atoms with E-state index in [0.29, 0.717) is 25.4 Å². The zero-order chi connectivity index (χ0) is 18.7. The van der Waals surface area contributed by atoms with E-state index in [1.807, 2.05) is 56.3 Å². The fourth-order valence-corrected chi connectivity index (χ4v) is 4.50. The van der Waals surface area contributed by atoms with Crippen molar-refractivity contribution < 1.29 is 13.2 Å². The van der Waals surface area contributed by atoms with E-state index in [0.717, 1.165) is 16.9 Å². The molecule has 8 heteroatoms. The standard InChI is InChI=1S/C18H24N4O3S/c1-14-5-4-6-15(11-14)13-26(23,24)22-10-9-16(12-22)25-18-8-7-17(19-20-18)21(2)3/h4-8,11,16H,9-10,12-13H2,1-3H3. The SMILES string of the molecule is Cc1cccc(CS(=O)(=O)N2CCC(Oc3ccc(N(C)C)nn3)C2)c1. The number of sulfonamides is 1. The lowest BCUT2D eigenvalue weighted by atomic mass is 10.2. The Morgan fingerprint density at radius 3 is 2.69 bits per heavy atom. The topological polar surface area (TPSA) is 75.6 Å². The zero-order valence-electron chi connectivity index (χ0n) is 15.3. The van der Waals surface area contributed by atoms with Gasteiger partial charge in [-0.3, -0.25) is 0 Å². The minimum absolute atomic E-state index is 0.0126. The van der Waals surface area contributed by atoms with Gasteiger partial charge in [0, 0.05) is 26.7 Å². The van der Waals surface area contributed by atoms with Crippen molar-refractivity contribution in [3.8, 4) is 5.88 Å². The van der Waals surface area contributed by atoms with Crippen LogP contribution in [0.15, 0.2) is 36.4 Å². The molecule has 1 saturated heterocycles. The molecule has 1 aromatic heterocycles. The summed E-state index contributed by atoms with van der Waals surface area (Å²) in [7, 11) is 0.412. The van der Waals surface area contributed by atoms with Crippen LogP contribution >= 0.6 is 0 Å². The first-order valence-corrected chi connectivity index (χ1v) is 10.2. The number of ether oxygens (including phenoxy) is 1. The van der Waals surface area contributed by atoms with Crippen molar-refractivity contribution in [3.05, 3.63) is 47.5 Å². The maximum atomic E-state index is 12.7. The third kappa shape index (κ3) is 4.50. The highest BCUT2D eigenvalue weighted by molar-refractivity contribution is 7.88. The van der Waals surface area contributed by atoms with Crippen molar-refractivity contribution in [2.24, 2.45) is 0 Å². The first-order valence-electron chi connectivity index (χ1n) is 8.54. The number of anilines is 1. The van der Waals surface area contributed by atoms with E-state index < -0.39 is 10.0 Å². The van der Waals surface area contributed by atoms with Gasteiger partial charge in [0.15, 0.2) is 5.82 Å². The Kier molecular flexibility index (Phi) is 5.43. The molecule has 1 aliphatic rings. The molecule has 0 spiro atoms. The molecule has 1 aromatic carbocycles. The van der Waals surface area contributed by atoms with Gasteiger partial charge in [0.05, 0.1) is 12.3 Å². The summed E-state index contributed by atoms with van der Waals surface area (Å²) in [5, 5.41) is 8.12. The lowest BCUT2D eigenvalue weighted by Gasteiger charge is -2.17. The fraction of sp³-hybridized carbons (Fsp3) is 0.444. The van der Waals surface area contributed by atoms with Gasteiger partial charge >= 0.3 is 0 Å². The minimum Gasteiger partial charge on any atom is -0.472 e. The molecule has 7 nitrogen and oxygen atoms in total. The molecule has 3 rings (SSSR count). The van der Waals surface area contributed by atoms with Crippen molar-refractivity contribution in [2.45, 2.75) is 25.2 Å². The van der Waals surface area contributed by atoms with Gasteiger partial charge in [0.25, 0.3) is 0 Å². The molecular formula is C18H24N4O3S. The Bertz CT molecular complexity index is 853. The molecular weight excluding hydrogens is 352 g/mol. The molecule has 1 atom stereocenters. The van der Waals surface area contributed by atoms with Crippen LogP contribution in [0.2, 0.25) is 0 Å². The van der Waals surface area contributed by atoms with E-state index in [-0.39, 0.29) is 11.9 Å². The minimum atomic E-state index is -3.36. The van der Waals surface area contributed by atoms with Crippen LogP contribution in [0, 0.1) is 6.92 Å². The maximum absolute atomic E-state index is 12.7. The summed E-state index contributed by atoms with van der Waals surface area (Å²) in [6.45, 7) is 2.76. The summed E-state index contributed by atoms with van der Waals surface area (Å²) in [5.41, 5.74) is 1.86. The van der Waals surface area contributed by atoms with Crippen molar-refractivity contribution in [3.63, 3.8) is 0 Å². The Morgan fingerprint density at radius 2 is 2.04 bits per heavy atom. The molecule has 0 radical (unpaired) electrons. The molecule has 2 aromatic rings. The van der Waals surface area contributed by atoms with Gasteiger partial charge in [0.1, 0.15) is 6.10 Å². The van der Waals surface area contributed by atoms with Crippen LogP contribution in [0.25, 0.3) is 0 Å². The van der Waals surface area contributed by atoms with Crippen LogP contribution in [0.5, 0.6) is 5.88 Å². The first kappa shape index (κ1) is 18.6. The van der Waals surface area contributed by atoms with Crippen molar-refractivity contribution in [2.75, 3.05) is 32.1 Å². The highest BCUT2D eigenvalue weighted by Gasteiger charge is 2.32. The van der Waals surface area contributed by atoms with E-state index >= 15 is 0 Å². The zero-order valence-corrected chi connectivity index (χ0v) is 16.1. The van der Waals surface area contributed by atoms with Crippen molar-refractivity contribution >= 4 is 15.8 Å². The molecule has 0 bridgehead atoms. The van der Waals surface area contributed by atoms with Crippen LogP contribution in [-0.4, -0.2) is 56.2 Å². The van der Waals surface area contributed by atoms with Crippen LogP contribution < -0.4 is 9.64 Å². The maximum Gasteiger partial charge on any atom is 0.233 e. The van der Waals surface area contributed by atoms with Gasteiger partial charge in [0.2, 0.25) is 15.9 Å². The fourth-order valence-electron chi connectivity index (χ4n) is 2.94. The predicted molar refractivity (Wildman–Crippen MR) is 101 cm³/mol.